The SMILES string of the molecule is CCCOCCCNCc1cc(C)n(CC)c1C. The molecule has 18 heavy (non-hydrogen) atoms. The maximum atomic E-state index is 5.46. The van der Waals surface area contributed by atoms with E-state index in [2.05, 4.69) is 43.6 Å². The maximum Gasteiger partial charge on any atom is 0.0478 e. The van der Waals surface area contributed by atoms with Crippen LogP contribution in [0.2, 0.25) is 0 Å². The number of hydrogen-bond acceptors (Lipinski definition) is 2. The van der Waals surface area contributed by atoms with Crippen LogP contribution >= 0.6 is 0 Å². The van der Waals surface area contributed by atoms with E-state index in [1.165, 1.54) is 17.0 Å². The summed E-state index contributed by atoms with van der Waals surface area (Å²) >= 11 is 0. The van der Waals surface area contributed by atoms with Crippen LogP contribution in [0.15, 0.2) is 6.07 Å². The fourth-order valence-corrected chi connectivity index (χ4v) is 2.31. The molecule has 1 rings (SSSR count). The van der Waals surface area contributed by atoms with Gasteiger partial charge in [-0.3, -0.25) is 0 Å². The summed E-state index contributed by atoms with van der Waals surface area (Å²) in [5.74, 6) is 0. The molecule has 0 saturated heterocycles. The fraction of sp³-hybridized carbons (Fsp3) is 0.733. The Morgan fingerprint density at radius 2 is 2.00 bits per heavy atom. The second-order valence-corrected chi connectivity index (χ2v) is 4.78. The highest BCUT2D eigenvalue weighted by molar-refractivity contribution is 5.26. The van der Waals surface area contributed by atoms with Crippen molar-refractivity contribution in [1.82, 2.24) is 9.88 Å². The Hall–Kier alpha value is -0.800. The molecule has 0 atom stereocenters. The van der Waals surface area contributed by atoms with Crippen molar-refractivity contribution in [2.24, 2.45) is 0 Å². The first-order valence-corrected chi connectivity index (χ1v) is 7.14. The molecule has 1 aromatic heterocycles. The lowest BCUT2D eigenvalue weighted by Crippen LogP contribution is -2.17. The van der Waals surface area contributed by atoms with Crippen molar-refractivity contribution >= 4 is 0 Å². The third-order valence-electron chi connectivity index (χ3n) is 3.30. The number of aryl methyl sites for hydroxylation is 1. The summed E-state index contributed by atoms with van der Waals surface area (Å²) < 4.78 is 7.82. The molecule has 0 saturated carbocycles. The van der Waals surface area contributed by atoms with Gasteiger partial charge in [0.1, 0.15) is 0 Å². The summed E-state index contributed by atoms with van der Waals surface area (Å²) in [5, 5.41) is 3.49. The van der Waals surface area contributed by atoms with Gasteiger partial charge in [0.2, 0.25) is 0 Å². The molecule has 0 spiro atoms. The van der Waals surface area contributed by atoms with Crippen molar-refractivity contribution in [2.45, 2.75) is 53.6 Å². The molecule has 0 amide bonds. The molecular formula is C15H28N2O. The minimum absolute atomic E-state index is 0.870. The van der Waals surface area contributed by atoms with Crippen LogP contribution in [0.25, 0.3) is 0 Å². The summed E-state index contributed by atoms with van der Waals surface area (Å²) in [4.78, 5) is 0. The van der Waals surface area contributed by atoms with E-state index in [4.69, 9.17) is 4.74 Å². The summed E-state index contributed by atoms with van der Waals surface area (Å²) in [6, 6.07) is 2.29. The van der Waals surface area contributed by atoms with Crippen LogP contribution < -0.4 is 5.32 Å². The van der Waals surface area contributed by atoms with Crippen LogP contribution in [0.4, 0.5) is 0 Å². The van der Waals surface area contributed by atoms with E-state index in [9.17, 15) is 0 Å². The van der Waals surface area contributed by atoms with Gasteiger partial charge < -0.3 is 14.6 Å². The highest BCUT2D eigenvalue weighted by atomic mass is 16.5. The average Bonchev–Trinajstić information content (AvgIpc) is 2.63. The Morgan fingerprint density at radius 1 is 1.22 bits per heavy atom. The lowest BCUT2D eigenvalue weighted by Gasteiger charge is -2.07. The molecule has 3 heteroatoms. The van der Waals surface area contributed by atoms with Gasteiger partial charge >= 0.3 is 0 Å². The topological polar surface area (TPSA) is 26.2 Å². The number of aromatic nitrogens is 1. The van der Waals surface area contributed by atoms with Gasteiger partial charge in [0.15, 0.2) is 0 Å². The van der Waals surface area contributed by atoms with E-state index < -0.39 is 0 Å². The van der Waals surface area contributed by atoms with Crippen molar-refractivity contribution in [1.29, 1.82) is 0 Å². The molecule has 0 aliphatic carbocycles. The first-order valence-electron chi connectivity index (χ1n) is 7.14. The minimum Gasteiger partial charge on any atom is -0.381 e. The highest BCUT2D eigenvalue weighted by Crippen LogP contribution is 2.14. The highest BCUT2D eigenvalue weighted by Gasteiger charge is 2.06. The molecule has 0 unspecified atom stereocenters. The van der Waals surface area contributed by atoms with E-state index in [1.54, 1.807) is 0 Å². The molecule has 0 fully saturated rings. The Labute approximate surface area is 112 Å². The smallest absolute Gasteiger partial charge is 0.0478 e. The number of nitrogens with zero attached hydrogens (tertiary/aromatic N) is 1. The van der Waals surface area contributed by atoms with Gasteiger partial charge in [-0.15, -0.1) is 0 Å². The zero-order chi connectivity index (χ0) is 13.4. The van der Waals surface area contributed by atoms with Gasteiger partial charge in [0.25, 0.3) is 0 Å². The minimum atomic E-state index is 0.870. The number of hydrogen-bond donors (Lipinski definition) is 1. The van der Waals surface area contributed by atoms with Gasteiger partial charge in [0.05, 0.1) is 0 Å². The molecule has 0 radical (unpaired) electrons. The van der Waals surface area contributed by atoms with Gasteiger partial charge in [-0.25, -0.2) is 0 Å². The van der Waals surface area contributed by atoms with Gasteiger partial charge in [-0.1, -0.05) is 6.92 Å². The Morgan fingerprint density at radius 3 is 2.61 bits per heavy atom. The van der Waals surface area contributed by atoms with Crippen molar-refractivity contribution in [3.8, 4) is 0 Å². The first-order chi connectivity index (χ1) is 8.70. The maximum absolute atomic E-state index is 5.46. The predicted molar refractivity (Wildman–Crippen MR) is 77.0 cm³/mol. The van der Waals surface area contributed by atoms with E-state index in [0.717, 1.165) is 45.7 Å². The fourth-order valence-electron chi connectivity index (χ4n) is 2.31. The lowest BCUT2D eigenvalue weighted by molar-refractivity contribution is 0.132. The summed E-state index contributed by atoms with van der Waals surface area (Å²) in [6.45, 7) is 13.5. The Balaban J connectivity index is 2.23. The van der Waals surface area contributed by atoms with Crippen LogP contribution in [-0.2, 0) is 17.8 Å². The van der Waals surface area contributed by atoms with Gasteiger partial charge in [0, 0.05) is 37.7 Å². The molecule has 0 aliphatic rings. The predicted octanol–water partition coefficient (Wildman–Crippen LogP) is 3.03. The monoisotopic (exact) mass is 252 g/mol. The third kappa shape index (κ3) is 4.46. The molecule has 1 heterocycles. The van der Waals surface area contributed by atoms with Gasteiger partial charge in [-0.2, -0.15) is 0 Å². The second kappa shape index (κ2) is 8.33. The van der Waals surface area contributed by atoms with Gasteiger partial charge in [-0.05, 0) is 51.8 Å². The number of ether oxygens (including phenoxy) is 1. The lowest BCUT2D eigenvalue weighted by atomic mass is 10.2. The van der Waals surface area contributed by atoms with E-state index >= 15 is 0 Å². The van der Waals surface area contributed by atoms with Crippen molar-refractivity contribution in [3.63, 3.8) is 0 Å². The van der Waals surface area contributed by atoms with Crippen LogP contribution in [0, 0.1) is 13.8 Å². The van der Waals surface area contributed by atoms with Crippen LogP contribution in [0.5, 0.6) is 0 Å². The summed E-state index contributed by atoms with van der Waals surface area (Å²) in [7, 11) is 0. The molecule has 0 aromatic carbocycles. The Bertz CT molecular complexity index is 345. The zero-order valence-electron chi connectivity index (χ0n) is 12.4. The average molecular weight is 252 g/mol. The van der Waals surface area contributed by atoms with E-state index in [0.29, 0.717) is 0 Å². The van der Waals surface area contributed by atoms with Crippen LogP contribution in [0.1, 0.15) is 43.6 Å². The standard InChI is InChI=1S/C15H28N2O/c1-5-9-18-10-7-8-16-12-15-11-13(3)17(6-2)14(15)4/h11,16H,5-10,12H2,1-4H3. The van der Waals surface area contributed by atoms with E-state index in [-0.39, 0.29) is 0 Å². The largest absolute Gasteiger partial charge is 0.381 e. The number of rotatable bonds is 9. The van der Waals surface area contributed by atoms with Crippen LogP contribution in [0.3, 0.4) is 0 Å². The molecule has 3 nitrogen and oxygen atoms in total. The number of nitrogens with one attached hydrogen (secondary N) is 1. The zero-order valence-corrected chi connectivity index (χ0v) is 12.4. The molecule has 1 aromatic rings. The molecule has 104 valence electrons. The second-order valence-electron chi connectivity index (χ2n) is 4.78. The molecule has 0 aliphatic heterocycles. The normalized spacial score (nSPS) is 11.1. The van der Waals surface area contributed by atoms with E-state index in [1.807, 2.05) is 0 Å². The Kier molecular flexibility index (Phi) is 7.06. The van der Waals surface area contributed by atoms with Crippen molar-refractivity contribution < 1.29 is 4.74 Å². The quantitative estimate of drug-likeness (QED) is 0.684. The van der Waals surface area contributed by atoms with Crippen LogP contribution in [-0.4, -0.2) is 24.3 Å². The first kappa shape index (κ1) is 15.3. The van der Waals surface area contributed by atoms with Crippen molar-refractivity contribution in [2.75, 3.05) is 19.8 Å². The van der Waals surface area contributed by atoms with Crippen molar-refractivity contribution in [3.05, 3.63) is 23.0 Å². The molecule has 1 N–H and O–H groups in total. The molecular weight excluding hydrogens is 224 g/mol. The third-order valence-corrected chi connectivity index (χ3v) is 3.30. The summed E-state index contributed by atoms with van der Waals surface area (Å²) in [6.07, 6.45) is 2.20. The summed E-state index contributed by atoms with van der Waals surface area (Å²) in [5.41, 5.74) is 4.17. The molecule has 0 bridgehead atoms.